The monoisotopic (exact) mass is 224 g/mol. The third-order valence-electron chi connectivity index (χ3n) is 2.61. The number of nitrogens with two attached hydrogens (primary N) is 1. The average molecular weight is 224 g/mol. The zero-order valence-corrected chi connectivity index (χ0v) is 8.94. The van der Waals surface area contributed by atoms with Crippen LogP contribution in [0, 0.1) is 5.82 Å². The van der Waals surface area contributed by atoms with Gasteiger partial charge in [-0.1, -0.05) is 6.07 Å². The van der Waals surface area contributed by atoms with E-state index in [4.69, 9.17) is 10.5 Å². The second-order valence-electron chi connectivity index (χ2n) is 3.79. The number of likely N-dealkylation sites (tertiary alicyclic amines) is 1. The molecule has 1 heterocycles. The third kappa shape index (κ3) is 1.74. The summed E-state index contributed by atoms with van der Waals surface area (Å²) >= 11 is 0. The van der Waals surface area contributed by atoms with E-state index in [1.807, 2.05) is 0 Å². The lowest BCUT2D eigenvalue weighted by Crippen LogP contribution is -2.58. The van der Waals surface area contributed by atoms with Crippen molar-refractivity contribution >= 4 is 5.91 Å². The van der Waals surface area contributed by atoms with Gasteiger partial charge in [-0.15, -0.1) is 0 Å². The number of rotatable bonds is 2. The van der Waals surface area contributed by atoms with Crippen molar-refractivity contribution in [1.29, 1.82) is 0 Å². The molecule has 1 fully saturated rings. The molecular formula is C11H13FN2O2. The van der Waals surface area contributed by atoms with Crippen molar-refractivity contribution in [3.8, 4) is 5.75 Å². The quantitative estimate of drug-likeness (QED) is 0.801. The molecule has 1 amide bonds. The number of hydrogen-bond acceptors (Lipinski definition) is 3. The van der Waals surface area contributed by atoms with E-state index in [2.05, 4.69) is 0 Å². The minimum Gasteiger partial charge on any atom is -0.496 e. The van der Waals surface area contributed by atoms with E-state index in [9.17, 15) is 9.18 Å². The van der Waals surface area contributed by atoms with Crippen molar-refractivity contribution in [2.45, 2.75) is 6.04 Å². The Bertz CT molecular complexity index is 416. The van der Waals surface area contributed by atoms with Crippen LogP contribution < -0.4 is 10.5 Å². The summed E-state index contributed by atoms with van der Waals surface area (Å²) in [5.74, 6) is -0.674. The van der Waals surface area contributed by atoms with Crippen LogP contribution in [0.1, 0.15) is 10.4 Å². The molecule has 1 aliphatic heterocycles. The second-order valence-corrected chi connectivity index (χ2v) is 3.79. The molecule has 16 heavy (non-hydrogen) atoms. The van der Waals surface area contributed by atoms with Crippen LogP contribution >= 0.6 is 0 Å². The number of carbonyl (C=O) groups excluding carboxylic acids is 1. The number of amides is 1. The molecule has 4 nitrogen and oxygen atoms in total. The van der Waals surface area contributed by atoms with Crippen LogP contribution in [-0.4, -0.2) is 37.0 Å². The number of methoxy groups -OCH3 is 1. The maximum atomic E-state index is 13.5. The van der Waals surface area contributed by atoms with E-state index in [1.165, 1.54) is 24.1 Å². The predicted molar refractivity (Wildman–Crippen MR) is 56.8 cm³/mol. The summed E-state index contributed by atoms with van der Waals surface area (Å²) in [6.07, 6.45) is 0. The Hall–Kier alpha value is -1.62. The first-order valence-electron chi connectivity index (χ1n) is 5.01. The highest BCUT2D eigenvalue weighted by molar-refractivity contribution is 5.97. The number of halogens is 1. The van der Waals surface area contributed by atoms with Gasteiger partial charge in [-0.3, -0.25) is 4.79 Å². The van der Waals surface area contributed by atoms with Crippen LogP contribution in [0.25, 0.3) is 0 Å². The lowest BCUT2D eigenvalue weighted by molar-refractivity contribution is 0.0599. The number of nitrogens with zero attached hydrogens (tertiary/aromatic N) is 1. The molecule has 1 aromatic rings. The maximum Gasteiger partial charge on any atom is 0.260 e. The summed E-state index contributed by atoms with van der Waals surface area (Å²) < 4.78 is 18.5. The summed E-state index contributed by atoms with van der Waals surface area (Å²) in [4.78, 5) is 13.4. The van der Waals surface area contributed by atoms with E-state index in [1.54, 1.807) is 6.07 Å². The van der Waals surface area contributed by atoms with Gasteiger partial charge in [-0.2, -0.15) is 0 Å². The molecule has 2 rings (SSSR count). The zero-order valence-electron chi connectivity index (χ0n) is 8.94. The van der Waals surface area contributed by atoms with Crippen molar-refractivity contribution in [1.82, 2.24) is 4.90 Å². The van der Waals surface area contributed by atoms with Crippen molar-refractivity contribution in [2.24, 2.45) is 5.73 Å². The molecule has 1 aliphatic rings. The Labute approximate surface area is 92.8 Å². The molecule has 2 N–H and O–H groups in total. The highest BCUT2D eigenvalue weighted by Gasteiger charge is 2.31. The van der Waals surface area contributed by atoms with Gasteiger partial charge in [0.25, 0.3) is 5.91 Å². The Balaban J connectivity index is 2.28. The third-order valence-corrected chi connectivity index (χ3v) is 2.61. The Morgan fingerprint density at radius 1 is 1.56 bits per heavy atom. The van der Waals surface area contributed by atoms with Crippen LogP contribution in [0.15, 0.2) is 18.2 Å². The zero-order chi connectivity index (χ0) is 11.7. The van der Waals surface area contributed by atoms with Crippen molar-refractivity contribution in [2.75, 3.05) is 20.2 Å². The van der Waals surface area contributed by atoms with Gasteiger partial charge in [0, 0.05) is 19.1 Å². The maximum absolute atomic E-state index is 13.5. The first-order chi connectivity index (χ1) is 7.63. The van der Waals surface area contributed by atoms with Gasteiger partial charge >= 0.3 is 0 Å². The van der Waals surface area contributed by atoms with Crippen LogP contribution in [0.3, 0.4) is 0 Å². The van der Waals surface area contributed by atoms with E-state index in [0.717, 1.165) is 0 Å². The van der Waals surface area contributed by atoms with Gasteiger partial charge in [0.05, 0.1) is 7.11 Å². The van der Waals surface area contributed by atoms with Gasteiger partial charge < -0.3 is 15.4 Å². The lowest BCUT2D eigenvalue weighted by atomic mass is 10.1. The first kappa shape index (κ1) is 10.9. The van der Waals surface area contributed by atoms with E-state index >= 15 is 0 Å². The smallest absolute Gasteiger partial charge is 0.260 e. The van der Waals surface area contributed by atoms with E-state index in [0.29, 0.717) is 13.1 Å². The molecule has 0 radical (unpaired) electrons. The summed E-state index contributed by atoms with van der Waals surface area (Å²) in [5.41, 5.74) is 5.56. The highest BCUT2D eigenvalue weighted by atomic mass is 19.1. The Kier molecular flexibility index (Phi) is 2.78. The first-order valence-corrected chi connectivity index (χ1v) is 5.01. The predicted octanol–water partition coefficient (Wildman–Crippen LogP) is 0.617. The van der Waals surface area contributed by atoms with E-state index < -0.39 is 5.82 Å². The molecule has 0 aliphatic carbocycles. The highest BCUT2D eigenvalue weighted by Crippen LogP contribution is 2.24. The minimum absolute atomic E-state index is 0.00159. The average Bonchev–Trinajstić information content (AvgIpc) is 2.23. The van der Waals surface area contributed by atoms with E-state index in [-0.39, 0.29) is 23.3 Å². The van der Waals surface area contributed by atoms with Gasteiger partial charge in [0.2, 0.25) is 0 Å². The second kappa shape index (κ2) is 4.09. The molecule has 0 atom stereocenters. The summed E-state index contributed by atoms with van der Waals surface area (Å²) in [7, 11) is 1.41. The Morgan fingerprint density at radius 2 is 2.25 bits per heavy atom. The molecule has 0 spiro atoms. The lowest BCUT2D eigenvalue weighted by Gasteiger charge is -2.37. The normalized spacial score (nSPS) is 15.8. The van der Waals surface area contributed by atoms with Gasteiger partial charge in [0.15, 0.2) is 0 Å². The molecule has 1 aromatic carbocycles. The van der Waals surface area contributed by atoms with Crippen molar-refractivity contribution < 1.29 is 13.9 Å². The Morgan fingerprint density at radius 3 is 2.81 bits per heavy atom. The molecule has 0 saturated carbocycles. The molecule has 1 saturated heterocycles. The largest absolute Gasteiger partial charge is 0.496 e. The molecule has 0 unspecified atom stereocenters. The van der Waals surface area contributed by atoms with Crippen LogP contribution in [-0.2, 0) is 0 Å². The number of carbonyl (C=O) groups is 1. The SMILES string of the molecule is COc1cccc(F)c1C(=O)N1CC(N)C1. The standard InChI is InChI=1S/C11H13FN2O2/c1-16-9-4-2-3-8(12)10(9)11(15)14-5-7(13)6-14/h2-4,7H,5-6,13H2,1H3. The number of ether oxygens (including phenoxy) is 1. The molecule has 0 aromatic heterocycles. The van der Waals surface area contributed by atoms with Gasteiger partial charge in [0.1, 0.15) is 17.1 Å². The summed E-state index contributed by atoms with van der Waals surface area (Å²) in [5, 5.41) is 0. The van der Waals surface area contributed by atoms with Crippen molar-refractivity contribution in [3.63, 3.8) is 0 Å². The van der Waals surface area contributed by atoms with Gasteiger partial charge in [-0.05, 0) is 12.1 Å². The number of benzene rings is 1. The fraction of sp³-hybridized carbons (Fsp3) is 0.364. The molecule has 5 heteroatoms. The fourth-order valence-electron chi connectivity index (χ4n) is 1.72. The fourth-order valence-corrected chi connectivity index (χ4v) is 1.72. The van der Waals surface area contributed by atoms with Crippen LogP contribution in [0.4, 0.5) is 4.39 Å². The summed E-state index contributed by atoms with van der Waals surface area (Å²) in [6, 6.07) is 4.32. The molecular weight excluding hydrogens is 211 g/mol. The van der Waals surface area contributed by atoms with Crippen molar-refractivity contribution in [3.05, 3.63) is 29.6 Å². The van der Waals surface area contributed by atoms with Gasteiger partial charge in [-0.25, -0.2) is 4.39 Å². The van der Waals surface area contributed by atoms with Crippen LogP contribution in [0.5, 0.6) is 5.75 Å². The summed E-state index contributed by atoms with van der Waals surface area (Å²) in [6.45, 7) is 0.937. The van der Waals surface area contributed by atoms with Crippen LogP contribution in [0.2, 0.25) is 0 Å². The molecule has 86 valence electrons. The molecule has 0 bridgehead atoms. The topological polar surface area (TPSA) is 55.6 Å². The number of hydrogen-bond donors (Lipinski definition) is 1. The minimum atomic E-state index is -0.565.